The largest absolute Gasteiger partial charge is 0.471 e. The molecule has 0 radical (unpaired) electrons. The van der Waals surface area contributed by atoms with Crippen molar-refractivity contribution in [1.82, 2.24) is 4.90 Å². The molecule has 3 nitrogen and oxygen atoms in total. The Balaban J connectivity index is 1.87. The van der Waals surface area contributed by atoms with Crippen molar-refractivity contribution in [2.24, 2.45) is 0 Å². The van der Waals surface area contributed by atoms with Crippen molar-refractivity contribution in [2.75, 3.05) is 31.1 Å². The maximum Gasteiger partial charge on any atom is 0.471 e. The van der Waals surface area contributed by atoms with Gasteiger partial charge in [0.15, 0.2) is 0 Å². The van der Waals surface area contributed by atoms with Crippen molar-refractivity contribution in [1.29, 1.82) is 0 Å². The number of rotatable bonds is 1. The summed E-state index contributed by atoms with van der Waals surface area (Å²) in [5, 5.41) is 0.633. The third-order valence-electron chi connectivity index (χ3n) is 4.32. The van der Waals surface area contributed by atoms with E-state index < -0.39 is 12.1 Å². The number of carbonyl (C=O) groups is 1. The van der Waals surface area contributed by atoms with E-state index in [-0.39, 0.29) is 13.1 Å². The van der Waals surface area contributed by atoms with Gasteiger partial charge in [0.2, 0.25) is 0 Å². The minimum Gasteiger partial charge on any atom is -0.370 e. The molecule has 1 aromatic carbocycles. The zero-order valence-electron chi connectivity index (χ0n) is 11.9. The highest BCUT2D eigenvalue weighted by molar-refractivity contribution is 6.33. The fourth-order valence-electron chi connectivity index (χ4n) is 3.04. The second kappa shape index (κ2) is 5.65. The van der Waals surface area contributed by atoms with Crippen molar-refractivity contribution >= 4 is 23.2 Å². The van der Waals surface area contributed by atoms with E-state index in [0.717, 1.165) is 41.2 Å². The molecule has 0 saturated carbocycles. The van der Waals surface area contributed by atoms with Gasteiger partial charge >= 0.3 is 12.1 Å². The number of hydrogen-bond donors (Lipinski definition) is 0. The highest BCUT2D eigenvalue weighted by Gasteiger charge is 2.42. The maximum absolute atomic E-state index is 12.6. The van der Waals surface area contributed by atoms with E-state index in [0.29, 0.717) is 17.9 Å². The van der Waals surface area contributed by atoms with Gasteiger partial charge in [-0.1, -0.05) is 17.7 Å². The average molecular weight is 333 g/mol. The molecule has 1 amide bonds. The van der Waals surface area contributed by atoms with Crippen LogP contribution >= 0.6 is 11.6 Å². The molecule has 0 spiro atoms. The molecule has 1 aromatic rings. The molecule has 2 aliphatic heterocycles. The third-order valence-corrected chi connectivity index (χ3v) is 4.62. The minimum atomic E-state index is -4.81. The quantitative estimate of drug-likeness (QED) is 0.789. The van der Waals surface area contributed by atoms with Crippen LogP contribution in [0.4, 0.5) is 18.9 Å². The fraction of sp³-hybridized carbons (Fsp3) is 0.533. The predicted molar refractivity (Wildman–Crippen MR) is 78.3 cm³/mol. The maximum atomic E-state index is 12.6. The second-order valence-corrected chi connectivity index (χ2v) is 6.07. The third kappa shape index (κ3) is 2.76. The van der Waals surface area contributed by atoms with Crippen LogP contribution in [0.5, 0.6) is 0 Å². The van der Waals surface area contributed by atoms with Crippen LogP contribution < -0.4 is 4.90 Å². The Bertz CT molecular complexity index is 599. The highest BCUT2D eigenvalue weighted by atomic mass is 35.5. The molecule has 0 aromatic heterocycles. The fourth-order valence-corrected chi connectivity index (χ4v) is 3.34. The summed E-state index contributed by atoms with van der Waals surface area (Å²) in [5.74, 6) is -1.75. The summed E-state index contributed by atoms with van der Waals surface area (Å²) in [6.45, 7) is 2.00. The van der Waals surface area contributed by atoms with E-state index >= 15 is 0 Å². The van der Waals surface area contributed by atoms with Gasteiger partial charge in [-0.05, 0) is 36.5 Å². The number of benzene rings is 1. The number of halogens is 4. The zero-order chi connectivity index (χ0) is 15.9. The molecule has 0 aliphatic carbocycles. The molecule has 1 saturated heterocycles. The van der Waals surface area contributed by atoms with Gasteiger partial charge in [0.1, 0.15) is 0 Å². The summed E-state index contributed by atoms with van der Waals surface area (Å²) in [5.41, 5.74) is 2.92. The van der Waals surface area contributed by atoms with Crippen LogP contribution in [0.25, 0.3) is 0 Å². The smallest absolute Gasteiger partial charge is 0.370 e. The van der Waals surface area contributed by atoms with Crippen LogP contribution in [-0.4, -0.2) is 43.2 Å². The van der Waals surface area contributed by atoms with Crippen LogP contribution in [0.2, 0.25) is 5.02 Å². The number of fused-ring (bicyclic) bond motifs is 1. The number of nitrogens with zero attached hydrogens (tertiary/aromatic N) is 2. The highest BCUT2D eigenvalue weighted by Crippen LogP contribution is 2.37. The van der Waals surface area contributed by atoms with Crippen LogP contribution in [0.3, 0.4) is 0 Å². The molecule has 22 heavy (non-hydrogen) atoms. The summed E-state index contributed by atoms with van der Waals surface area (Å²) < 4.78 is 37.8. The van der Waals surface area contributed by atoms with Gasteiger partial charge < -0.3 is 9.80 Å². The van der Waals surface area contributed by atoms with Crippen molar-refractivity contribution in [2.45, 2.75) is 25.4 Å². The monoisotopic (exact) mass is 332 g/mol. The first-order chi connectivity index (χ1) is 10.4. The minimum absolute atomic E-state index is 0.0759. The van der Waals surface area contributed by atoms with Crippen molar-refractivity contribution in [3.05, 3.63) is 28.3 Å². The number of carbonyl (C=O) groups excluding carboxylic acids is 1. The van der Waals surface area contributed by atoms with E-state index in [9.17, 15) is 18.0 Å². The van der Waals surface area contributed by atoms with Gasteiger partial charge in [-0.2, -0.15) is 13.2 Å². The van der Waals surface area contributed by atoms with Gasteiger partial charge in [0.05, 0.1) is 10.7 Å². The summed E-state index contributed by atoms with van der Waals surface area (Å²) in [6, 6.07) is 3.66. The first kappa shape index (κ1) is 15.5. The topological polar surface area (TPSA) is 23.6 Å². The second-order valence-electron chi connectivity index (χ2n) is 5.66. The standard InChI is InChI=1S/C15H16ClF3N2O/c16-12-3-2-10-4-8-21(14(22)15(17,18)19)9-5-11(10)13(12)20-6-1-7-20/h2-3H,1,4-9H2. The molecule has 0 N–H and O–H groups in total. The predicted octanol–water partition coefficient (Wildman–Crippen LogP) is 3.04. The Kier molecular flexibility index (Phi) is 3.97. The first-order valence-corrected chi connectivity index (χ1v) is 7.67. The Hall–Kier alpha value is -1.43. The first-order valence-electron chi connectivity index (χ1n) is 7.29. The number of hydrogen-bond acceptors (Lipinski definition) is 2. The lowest BCUT2D eigenvalue weighted by atomic mass is 9.98. The molecule has 2 aliphatic rings. The lowest BCUT2D eigenvalue weighted by Gasteiger charge is -2.36. The molecule has 0 unspecified atom stereocenters. The Labute approximate surface area is 131 Å². The summed E-state index contributed by atoms with van der Waals surface area (Å²) >= 11 is 6.29. The molecule has 120 valence electrons. The molecule has 2 heterocycles. The van der Waals surface area contributed by atoms with E-state index in [1.165, 1.54) is 0 Å². The van der Waals surface area contributed by atoms with Gasteiger partial charge in [-0.3, -0.25) is 4.79 Å². The summed E-state index contributed by atoms with van der Waals surface area (Å²) in [4.78, 5) is 14.5. The molecular weight excluding hydrogens is 317 g/mol. The van der Waals surface area contributed by atoms with Crippen molar-refractivity contribution in [3.63, 3.8) is 0 Å². The normalized spacial score (nSPS) is 18.5. The Morgan fingerprint density at radius 2 is 1.77 bits per heavy atom. The van der Waals surface area contributed by atoms with E-state index in [2.05, 4.69) is 4.90 Å². The Morgan fingerprint density at radius 1 is 1.09 bits per heavy atom. The van der Waals surface area contributed by atoms with Crippen molar-refractivity contribution < 1.29 is 18.0 Å². The molecule has 1 fully saturated rings. The van der Waals surface area contributed by atoms with Crippen LogP contribution in [0.15, 0.2) is 12.1 Å². The molecule has 3 rings (SSSR count). The van der Waals surface area contributed by atoms with Crippen LogP contribution in [0, 0.1) is 0 Å². The van der Waals surface area contributed by atoms with Crippen LogP contribution in [-0.2, 0) is 17.6 Å². The average Bonchev–Trinajstić information content (AvgIpc) is 2.60. The molecular formula is C15H16ClF3N2O. The molecule has 7 heteroatoms. The number of alkyl halides is 3. The molecule has 0 bridgehead atoms. The van der Waals surface area contributed by atoms with E-state index in [1.54, 1.807) is 6.07 Å². The lowest BCUT2D eigenvalue weighted by Crippen LogP contribution is -2.42. The van der Waals surface area contributed by atoms with Crippen molar-refractivity contribution in [3.8, 4) is 0 Å². The molecule has 0 atom stereocenters. The Morgan fingerprint density at radius 3 is 2.36 bits per heavy atom. The SMILES string of the molecule is O=C(N1CCc2ccc(Cl)c(N3CCC3)c2CC1)C(F)(F)F. The van der Waals surface area contributed by atoms with Crippen LogP contribution in [0.1, 0.15) is 17.5 Å². The lowest BCUT2D eigenvalue weighted by molar-refractivity contribution is -0.185. The van der Waals surface area contributed by atoms with Gasteiger partial charge in [0, 0.05) is 26.2 Å². The zero-order valence-corrected chi connectivity index (χ0v) is 12.7. The number of anilines is 1. The van der Waals surface area contributed by atoms with E-state index in [4.69, 9.17) is 11.6 Å². The number of amides is 1. The van der Waals surface area contributed by atoms with Gasteiger partial charge in [0.25, 0.3) is 0 Å². The summed E-state index contributed by atoms with van der Waals surface area (Å²) in [7, 11) is 0. The van der Waals surface area contributed by atoms with Gasteiger partial charge in [-0.15, -0.1) is 0 Å². The summed E-state index contributed by atoms with van der Waals surface area (Å²) in [6.07, 6.45) is -2.88. The van der Waals surface area contributed by atoms with E-state index in [1.807, 2.05) is 6.07 Å². The van der Waals surface area contributed by atoms with Gasteiger partial charge in [-0.25, -0.2) is 0 Å².